The minimum Gasteiger partial charge on any atom is -0.390 e. The molecule has 0 saturated heterocycles. The van der Waals surface area contributed by atoms with Crippen molar-refractivity contribution in [1.82, 2.24) is 15.0 Å². The first kappa shape index (κ1) is 16.5. The van der Waals surface area contributed by atoms with Crippen LogP contribution in [0.15, 0.2) is 48.5 Å². The third-order valence-electron chi connectivity index (χ3n) is 3.45. The van der Waals surface area contributed by atoms with Crippen LogP contribution in [0, 0.1) is 0 Å². The molecule has 4 nitrogen and oxygen atoms in total. The molecule has 0 bridgehead atoms. The molecule has 0 aliphatic heterocycles. The fraction of sp³-hybridized carbons (Fsp3) is 0.125. The van der Waals surface area contributed by atoms with Crippen molar-refractivity contribution in [2.75, 3.05) is 0 Å². The molecular formula is C16H11ClF3N3O. The van der Waals surface area contributed by atoms with E-state index >= 15 is 0 Å². The van der Waals surface area contributed by atoms with Gasteiger partial charge in [-0.25, -0.2) is 4.68 Å². The highest BCUT2D eigenvalue weighted by molar-refractivity contribution is 6.30. The normalized spacial score (nSPS) is 11.7. The van der Waals surface area contributed by atoms with Crippen molar-refractivity contribution in [1.29, 1.82) is 0 Å². The number of aliphatic hydroxyl groups excluding tert-OH is 1. The van der Waals surface area contributed by atoms with Crippen LogP contribution in [0.5, 0.6) is 0 Å². The van der Waals surface area contributed by atoms with E-state index in [2.05, 4.69) is 10.3 Å². The van der Waals surface area contributed by atoms with Crippen LogP contribution < -0.4 is 0 Å². The molecule has 1 aromatic heterocycles. The molecule has 0 radical (unpaired) electrons. The second-order valence-corrected chi connectivity index (χ2v) is 5.44. The number of rotatable bonds is 3. The summed E-state index contributed by atoms with van der Waals surface area (Å²) in [5, 5.41) is 17.8. The van der Waals surface area contributed by atoms with Crippen LogP contribution in [-0.4, -0.2) is 20.1 Å². The Kier molecular flexibility index (Phi) is 4.29. The Bertz CT molecular complexity index is 842. The Hall–Kier alpha value is -2.38. The van der Waals surface area contributed by atoms with Crippen LogP contribution in [-0.2, 0) is 12.8 Å². The molecule has 2 aromatic carbocycles. The second kappa shape index (κ2) is 6.26. The molecule has 8 heteroatoms. The molecule has 0 unspecified atom stereocenters. The Balaban J connectivity index is 2.09. The summed E-state index contributed by atoms with van der Waals surface area (Å²) in [5.41, 5.74) is 1.15. The van der Waals surface area contributed by atoms with Crippen molar-refractivity contribution < 1.29 is 18.3 Å². The minimum absolute atomic E-state index is 0.317. The van der Waals surface area contributed by atoms with E-state index in [0.29, 0.717) is 27.7 Å². The molecule has 0 saturated carbocycles. The average Bonchev–Trinajstić information content (AvgIpc) is 2.99. The third kappa shape index (κ3) is 3.13. The third-order valence-corrected chi connectivity index (χ3v) is 3.70. The van der Waals surface area contributed by atoms with Gasteiger partial charge in [-0.3, -0.25) is 0 Å². The highest BCUT2D eigenvalue weighted by Gasteiger charge is 2.30. The van der Waals surface area contributed by atoms with Gasteiger partial charge in [0.25, 0.3) is 0 Å². The number of nitrogens with zero attached hydrogens (tertiary/aromatic N) is 3. The van der Waals surface area contributed by atoms with Gasteiger partial charge in [-0.1, -0.05) is 28.9 Å². The van der Waals surface area contributed by atoms with E-state index in [1.807, 2.05) is 0 Å². The zero-order valence-electron chi connectivity index (χ0n) is 12.1. The quantitative estimate of drug-likeness (QED) is 0.771. The molecule has 24 heavy (non-hydrogen) atoms. The summed E-state index contributed by atoms with van der Waals surface area (Å²) in [6, 6.07) is 11.3. The number of hydrogen-bond donors (Lipinski definition) is 1. The highest BCUT2D eigenvalue weighted by atomic mass is 35.5. The van der Waals surface area contributed by atoms with E-state index < -0.39 is 11.7 Å². The Labute approximate surface area is 140 Å². The molecule has 0 aliphatic rings. The van der Waals surface area contributed by atoms with E-state index in [1.54, 1.807) is 24.3 Å². The van der Waals surface area contributed by atoms with Gasteiger partial charge in [-0.05, 0) is 36.4 Å². The first-order valence-corrected chi connectivity index (χ1v) is 7.27. The smallest absolute Gasteiger partial charge is 0.390 e. The largest absolute Gasteiger partial charge is 0.416 e. The lowest BCUT2D eigenvalue weighted by atomic mass is 10.1. The van der Waals surface area contributed by atoms with Crippen LogP contribution >= 0.6 is 11.6 Å². The summed E-state index contributed by atoms with van der Waals surface area (Å²) in [6.07, 6.45) is -4.41. The molecule has 1 heterocycles. The number of hydrogen-bond acceptors (Lipinski definition) is 3. The summed E-state index contributed by atoms with van der Waals surface area (Å²) in [5.74, 6) is 0. The molecule has 3 aromatic rings. The zero-order chi connectivity index (χ0) is 17.3. The predicted octanol–water partition coefficient (Wildman–Crippen LogP) is 4.10. The predicted molar refractivity (Wildman–Crippen MR) is 82.7 cm³/mol. The van der Waals surface area contributed by atoms with Crippen molar-refractivity contribution >= 4 is 11.6 Å². The highest BCUT2D eigenvalue weighted by Crippen LogP contribution is 2.31. The van der Waals surface area contributed by atoms with Gasteiger partial charge in [0, 0.05) is 10.6 Å². The average molecular weight is 354 g/mol. The van der Waals surface area contributed by atoms with Crippen LogP contribution in [0.1, 0.15) is 11.3 Å². The Morgan fingerprint density at radius 3 is 2.17 bits per heavy atom. The number of aromatic nitrogens is 3. The first-order chi connectivity index (χ1) is 11.4. The summed E-state index contributed by atoms with van der Waals surface area (Å²) in [6.45, 7) is -0.349. The van der Waals surface area contributed by atoms with Gasteiger partial charge in [-0.2, -0.15) is 13.2 Å². The van der Waals surface area contributed by atoms with Gasteiger partial charge in [0.2, 0.25) is 0 Å². The number of benzene rings is 2. The van der Waals surface area contributed by atoms with Crippen LogP contribution in [0.3, 0.4) is 0 Å². The lowest BCUT2D eigenvalue weighted by Crippen LogP contribution is -2.06. The minimum atomic E-state index is -4.41. The molecule has 3 rings (SSSR count). The fourth-order valence-electron chi connectivity index (χ4n) is 2.29. The molecule has 124 valence electrons. The molecular weight excluding hydrogens is 343 g/mol. The van der Waals surface area contributed by atoms with E-state index in [0.717, 1.165) is 12.1 Å². The maximum Gasteiger partial charge on any atom is 0.416 e. The van der Waals surface area contributed by atoms with Gasteiger partial charge in [0.15, 0.2) is 0 Å². The SMILES string of the molecule is OCc1nnn(-c2ccc(C(F)(F)F)cc2)c1-c1ccc(Cl)cc1. The van der Waals surface area contributed by atoms with Gasteiger partial charge in [-0.15, -0.1) is 5.10 Å². The van der Waals surface area contributed by atoms with Gasteiger partial charge in [0.05, 0.1) is 17.9 Å². The maximum atomic E-state index is 12.7. The lowest BCUT2D eigenvalue weighted by molar-refractivity contribution is -0.137. The van der Waals surface area contributed by atoms with Crippen molar-refractivity contribution in [3.8, 4) is 16.9 Å². The zero-order valence-corrected chi connectivity index (χ0v) is 12.9. The van der Waals surface area contributed by atoms with Crippen molar-refractivity contribution in [2.24, 2.45) is 0 Å². The van der Waals surface area contributed by atoms with Crippen LogP contribution in [0.2, 0.25) is 5.02 Å². The molecule has 0 spiro atoms. The summed E-state index contributed by atoms with van der Waals surface area (Å²) < 4.78 is 39.4. The fourth-order valence-corrected chi connectivity index (χ4v) is 2.41. The topological polar surface area (TPSA) is 50.9 Å². The molecule has 0 fully saturated rings. The lowest BCUT2D eigenvalue weighted by Gasteiger charge is -2.10. The van der Waals surface area contributed by atoms with Gasteiger partial charge < -0.3 is 5.11 Å². The van der Waals surface area contributed by atoms with E-state index in [-0.39, 0.29) is 6.61 Å². The standard InChI is InChI=1S/C16H11ClF3N3O/c17-12-5-1-10(2-6-12)15-14(9-24)21-22-23(15)13-7-3-11(4-8-13)16(18,19)20/h1-8,24H,9H2. The van der Waals surface area contributed by atoms with Crippen LogP contribution in [0.25, 0.3) is 16.9 Å². The van der Waals surface area contributed by atoms with E-state index in [1.165, 1.54) is 16.8 Å². The Morgan fingerprint density at radius 2 is 1.62 bits per heavy atom. The van der Waals surface area contributed by atoms with Gasteiger partial charge in [0.1, 0.15) is 11.4 Å². The maximum absolute atomic E-state index is 12.7. The number of alkyl halides is 3. The van der Waals surface area contributed by atoms with Gasteiger partial charge >= 0.3 is 6.18 Å². The van der Waals surface area contributed by atoms with E-state index in [9.17, 15) is 18.3 Å². The van der Waals surface area contributed by atoms with Crippen molar-refractivity contribution in [2.45, 2.75) is 12.8 Å². The second-order valence-electron chi connectivity index (χ2n) is 5.01. The van der Waals surface area contributed by atoms with Crippen molar-refractivity contribution in [3.05, 3.63) is 64.8 Å². The number of halogens is 4. The molecule has 1 N–H and O–H groups in total. The monoisotopic (exact) mass is 353 g/mol. The van der Waals surface area contributed by atoms with Crippen LogP contribution in [0.4, 0.5) is 13.2 Å². The Morgan fingerprint density at radius 1 is 1.00 bits per heavy atom. The first-order valence-electron chi connectivity index (χ1n) is 6.89. The number of aliphatic hydroxyl groups is 1. The van der Waals surface area contributed by atoms with Crippen molar-refractivity contribution in [3.63, 3.8) is 0 Å². The summed E-state index contributed by atoms with van der Waals surface area (Å²) >= 11 is 5.87. The molecule has 0 aliphatic carbocycles. The molecule has 0 amide bonds. The molecule has 0 atom stereocenters. The summed E-state index contributed by atoms with van der Waals surface area (Å²) in [7, 11) is 0. The van der Waals surface area contributed by atoms with E-state index in [4.69, 9.17) is 11.6 Å². The summed E-state index contributed by atoms with van der Waals surface area (Å²) in [4.78, 5) is 0.